The molecule has 2 heterocycles. The summed E-state index contributed by atoms with van der Waals surface area (Å²) in [6, 6.07) is 0. The van der Waals surface area contributed by atoms with Crippen molar-refractivity contribution < 1.29 is 44.5 Å². The molecule has 0 aromatic heterocycles. The Morgan fingerprint density at radius 3 is 2.29 bits per heavy atom. The van der Waals surface area contributed by atoms with Crippen molar-refractivity contribution in [3.63, 3.8) is 0 Å². The van der Waals surface area contributed by atoms with Gasteiger partial charge in [0.15, 0.2) is 12.6 Å². The summed E-state index contributed by atoms with van der Waals surface area (Å²) in [6.07, 6.45) is -7.61. The third-order valence-corrected chi connectivity index (χ3v) is 4.14. The van der Waals surface area contributed by atoms with Crippen LogP contribution in [0, 0.1) is 0 Å². The van der Waals surface area contributed by atoms with E-state index in [-0.39, 0.29) is 26.0 Å². The molecule has 8 atom stereocenters. The van der Waals surface area contributed by atoms with E-state index >= 15 is 0 Å². The van der Waals surface area contributed by atoms with Crippen LogP contribution in [-0.2, 0) is 18.9 Å². The average Bonchev–Trinajstić information content (AvgIpc) is 2.57. The molecule has 0 radical (unpaired) electrons. The van der Waals surface area contributed by atoms with Crippen LogP contribution in [-0.4, -0.2) is 101 Å². The normalized spacial score (nSPS) is 43.8. The van der Waals surface area contributed by atoms with Crippen LogP contribution >= 0.6 is 0 Å². The van der Waals surface area contributed by atoms with Crippen molar-refractivity contribution in [1.82, 2.24) is 0 Å². The van der Waals surface area contributed by atoms with Gasteiger partial charge in [-0.05, 0) is 0 Å². The average molecular weight is 353 g/mol. The van der Waals surface area contributed by atoms with Crippen LogP contribution in [0.3, 0.4) is 0 Å². The van der Waals surface area contributed by atoms with Gasteiger partial charge in [-0.15, -0.1) is 0 Å². The highest BCUT2D eigenvalue weighted by Gasteiger charge is 2.43. The summed E-state index contributed by atoms with van der Waals surface area (Å²) in [6.45, 7) is -0.327. The molecule has 2 aliphatic rings. The number of hydrogen-bond acceptors (Lipinski definition) is 10. The lowest BCUT2D eigenvalue weighted by Gasteiger charge is -2.42. The fourth-order valence-corrected chi connectivity index (χ4v) is 2.82. The van der Waals surface area contributed by atoms with Crippen molar-refractivity contribution in [2.24, 2.45) is 5.73 Å². The summed E-state index contributed by atoms with van der Waals surface area (Å²) in [5.74, 6) is 0. The van der Waals surface area contributed by atoms with Crippen LogP contribution in [0.5, 0.6) is 0 Å². The monoisotopic (exact) mass is 353 g/mol. The van der Waals surface area contributed by atoms with E-state index in [1.54, 1.807) is 0 Å². The largest absolute Gasteiger partial charge is 0.394 e. The molecule has 2 saturated heterocycles. The van der Waals surface area contributed by atoms with Crippen LogP contribution in [0.4, 0.5) is 0 Å². The lowest BCUT2D eigenvalue weighted by molar-refractivity contribution is -0.323. The molecule has 7 N–H and O–H groups in total. The van der Waals surface area contributed by atoms with Crippen molar-refractivity contribution in [3.8, 4) is 0 Å². The SMILES string of the molecule is NCCO[C@@H]1CC(O[C@H]2OC(CO)[C@@H](O)CC2O)[C@H](O)C(CO)O1. The molecule has 4 unspecified atom stereocenters. The molecule has 10 nitrogen and oxygen atoms in total. The smallest absolute Gasteiger partial charge is 0.184 e. The predicted octanol–water partition coefficient (Wildman–Crippen LogP) is -3.36. The van der Waals surface area contributed by atoms with Gasteiger partial charge >= 0.3 is 0 Å². The van der Waals surface area contributed by atoms with E-state index in [0.717, 1.165) is 0 Å². The Labute approximate surface area is 139 Å². The minimum atomic E-state index is -1.15. The summed E-state index contributed by atoms with van der Waals surface area (Å²) >= 11 is 0. The summed E-state index contributed by atoms with van der Waals surface area (Å²) in [7, 11) is 0. The van der Waals surface area contributed by atoms with Gasteiger partial charge in [0.2, 0.25) is 0 Å². The van der Waals surface area contributed by atoms with Crippen molar-refractivity contribution in [2.45, 2.75) is 62.0 Å². The van der Waals surface area contributed by atoms with Crippen molar-refractivity contribution >= 4 is 0 Å². The maximum atomic E-state index is 10.2. The Kier molecular flexibility index (Phi) is 7.75. The molecular weight excluding hydrogens is 326 g/mol. The molecule has 0 saturated carbocycles. The number of aliphatic hydroxyl groups excluding tert-OH is 5. The van der Waals surface area contributed by atoms with Crippen molar-refractivity contribution in [2.75, 3.05) is 26.4 Å². The summed E-state index contributed by atoms with van der Waals surface area (Å²) in [5.41, 5.74) is 5.38. The van der Waals surface area contributed by atoms with Gasteiger partial charge in [0, 0.05) is 19.4 Å². The number of rotatable bonds is 7. The van der Waals surface area contributed by atoms with Crippen molar-refractivity contribution in [1.29, 1.82) is 0 Å². The zero-order chi connectivity index (χ0) is 17.7. The molecule has 0 aromatic rings. The maximum absolute atomic E-state index is 10.2. The molecule has 0 aliphatic carbocycles. The molecule has 0 spiro atoms. The molecule has 2 fully saturated rings. The molecule has 0 aromatic carbocycles. The van der Waals surface area contributed by atoms with E-state index in [9.17, 15) is 25.5 Å². The van der Waals surface area contributed by atoms with Gasteiger partial charge < -0.3 is 50.2 Å². The van der Waals surface area contributed by atoms with Crippen LogP contribution < -0.4 is 5.73 Å². The fraction of sp³-hybridized carbons (Fsp3) is 1.00. The Hall–Kier alpha value is -0.400. The third kappa shape index (κ3) is 4.82. The second kappa shape index (κ2) is 9.34. The Balaban J connectivity index is 1.99. The van der Waals surface area contributed by atoms with E-state index in [4.69, 9.17) is 24.7 Å². The van der Waals surface area contributed by atoms with Crippen LogP contribution in [0.2, 0.25) is 0 Å². The standard InChI is InChI=1S/C14H27NO9/c15-1-2-21-12-4-9(13(20)11(6-17)22-12)23-14-8(19)3-7(18)10(5-16)24-14/h7-14,16-20H,1-6,15H2/t7-,8?,9?,10?,11?,12-,13-,14-/m0/s1. The number of hydrogen-bond donors (Lipinski definition) is 6. The van der Waals surface area contributed by atoms with Gasteiger partial charge in [-0.3, -0.25) is 0 Å². The van der Waals surface area contributed by atoms with Crippen LogP contribution in [0.25, 0.3) is 0 Å². The second-order valence-corrected chi connectivity index (χ2v) is 5.94. The number of nitrogens with two attached hydrogens (primary N) is 1. The molecule has 142 valence electrons. The molecule has 0 bridgehead atoms. The van der Waals surface area contributed by atoms with E-state index < -0.39 is 62.4 Å². The first-order valence-corrected chi connectivity index (χ1v) is 8.04. The van der Waals surface area contributed by atoms with Crippen LogP contribution in [0.1, 0.15) is 12.8 Å². The highest BCUT2D eigenvalue weighted by Crippen LogP contribution is 2.28. The summed E-state index contributed by atoms with van der Waals surface area (Å²) < 4.78 is 21.8. The first-order valence-electron chi connectivity index (χ1n) is 8.04. The molecule has 2 aliphatic heterocycles. The molecule has 0 amide bonds. The zero-order valence-corrected chi connectivity index (χ0v) is 13.3. The lowest BCUT2D eigenvalue weighted by atomic mass is 10.00. The van der Waals surface area contributed by atoms with E-state index in [1.165, 1.54) is 0 Å². The minimum absolute atomic E-state index is 0.0221. The van der Waals surface area contributed by atoms with E-state index in [2.05, 4.69) is 0 Å². The first-order chi connectivity index (χ1) is 11.5. The molecule has 24 heavy (non-hydrogen) atoms. The van der Waals surface area contributed by atoms with Crippen molar-refractivity contribution in [3.05, 3.63) is 0 Å². The Morgan fingerprint density at radius 1 is 0.958 bits per heavy atom. The highest BCUT2D eigenvalue weighted by atomic mass is 16.7. The number of aliphatic hydroxyl groups is 5. The van der Waals surface area contributed by atoms with Gasteiger partial charge in [-0.1, -0.05) is 0 Å². The topological polar surface area (TPSA) is 164 Å². The van der Waals surface area contributed by atoms with Gasteiger partial charge in [0.1, 0.15) is 24.4 Å². The second-order valence-electron chi connectivity index (χ2n) is 5.94. The van der Waals surface area contributed by atoms with Crippen LogP contribution in [0.15, 0.2) is 0 Å². The lowest BCUT2D eigenvalue weighted by Crippen LogP contribution is -2.56. The van der Waals surface area contributed by atoms with Gasteiger partial charge in [0.05, 0.1) is 32.0 Å². The van der Waals surface area contributed by atoms with Gasteiger partial charge in [-0.25, -0.2) is 0 Å². The van der Waals surface area contributed by atoms with E-state index in [1.807, 2.05) is 0 Å². The maximum Gasteiger partial charge on any atom is 0.184 e. The number of ether oxygens (including phenoxy) is 4. The minimum Gasteiger partial charge on any atom is -0.394 e. The quantitative estimate of drug-likeness (QED) is 0.272. The fourth-order valence-electron chi connectivity index (χ4n) is 2.82. The van der Waals surface area contributed by atoms with Gasteiger partial charge in [-0.2, -0.15) is 0 Å². The summed E-state index contributed by atoms with van der Waals surface area (Å²) in [4.78, 5) is 0. The highest BCUT2D eigenvalue weighted by molar-refractivity contribution is 4.87. The molecule has 2 rings (SSSR count). The Morgan fingerprint density at radius 2 is 1.67 bits per heavy atom. The Bertz CT molecular complexity index is 374. The predicted molar refractivity (Wildman–Crippen MR) is 78.6 cm³/mol. The van der Waals surface area contributed by atoms with E-state index in [0.29, 0.717) is 0 Å². The zero-order valence-electron chi connectivity index (χ0n) is 13.3. The van der Waals surface area contributed by atoms with Gasteiger partial charge in [0.25, 0.3) is 0 Å². The molecule has 10 heteroatoms. The third-order valence-electron chi connectivity index (χ3n) is 4.14. The molecular formula is C14H27NO9. The first kappa shape index (κ1) is 19.9. The summed E-state index contributed by atoms with van der Waals surface area (Å²) in [5, 5.41) is 48.4.